The first-order valence-electron chi connectivity index (χ1n) is 9.17. The van der Waals surface area contributed by atoms with Crippen LogP contribution in [-0.4, -0.2) is 0 Å². The van der Waals surface area contributed by atoms with Crippen molar-refractivity contribution in [2.24, 2.45) is 0 Å². The molecule has 126 valence electrons. The Bertz CT molecular complexity index is 952. The van der Waals surface area contributed by atoms with E-state index in [4.69, 9.17) is 0 Å². The molecule has 0 aromatic heterocycles. The Balaban J connectivity index is 1.50. The van der Waals surface area contributed by atoms with Crippen LogP contribution >= 0.6 is 0 Å². The number of benzene rings is 4. The largest absolute Gasteiger partial charge is 0.0622 e. The zero-order valence-electron chi connectivity index (χ0n) is 14.8. The van der Waals surface area contributed by atoms with Gasteiger partial charge in [-0.15, -0.1) is 0 Å². The second-order valence-corrected chi connectivity index (χ2v) is 6.63. The molecule has 0 N–H and O–H groups in total. The van der Waals surface area contributed by atoms with Crippen LogP contribution in [0, 0.1) is 0 Å². The summed E-state index contributed by atoms with van der Waals surface area (Å²) in [5, 5.41) is 0. The summed E-state index contributed by atoms with van der Waals surface area (Å²) in [6, 6.07) is 39.0. The first-order valence-corrected chi connectivity index (χ1v) is 9.17. The van der Waals surface area contributed by atoms with Crippen molar-refractivity contribution in [3.05, 3.63) is 120 Å². The van der Waals surface area contributed by atoms with Gasteiger partial charge in [-0.3, -0.25) is 0 Å². The van der Waals surface area contributed by atoms with Gasteiger partial charge < -0.3 is 0 Å². The smallest absolute Gasteiger partial charge is 0.0178 e. The third-order valence-electron chi connectivity index (χ3n) is 4.80. The van der Waals surface area contributed by atoms with Crippen LogP contribution in [0.4, 0.5) is 0 Å². The van der Waals surface area contributed by atoms with Crippen molar-refractivity contribution in [3.8, 4) is 22.3 Å². The lowest BCUT2D eigenvalue weighted by Crippen LogP contribution is -1.91. The Morgan fingerprint density at radius 1 is 0.346 bits per heavy atom. The van der Waals surface area contributed by atoms with Gasteiger partial charge in [0.1, 0.15) is 0 Å². The van der Waals surface area contributed by atoms with Gasteiger partial charge in [-0.25, -0.2) is 0 Å². The van der Waals surface area contributed by atoms with E-state index in [9.17, 15) is 0 Å². The average Bonchev–Trinajstić information content (AvgIpc) is 2.74. The molecule has 0 fully saturated rings. The molecule has 0 aliphatic carbocycles. The maximum atomic E-state index is 2.27. The van der Waals surface area contributed by atoms with Gasteiger partial charge in [0.15, 0.2) is 0 Å². The van der Waals surface area contributed by atoms with Crippen LogP contribution in [0.1, 0.15) is 11.1 Å². The van der Waals surface area contributed by atoms with E-state index in [1.807, 2.05) is 0 Å². The van der Waals surface area contributed by atoms with E-state index >= 15 is 0 Å². The Hall–Kier alpha value is -3.12. The second-order valence-electron chi connectivity index (χ2n) is 6.63. The molecule has 0 radical (unpaired) electrons. The zero-order valence-corrected chi connectivity index (χ0v) is 14.8. The first-order chi connectivity index (χ1) is 12.9. The predicted octanol–water partition coefficient (Wildman–Crippen LogP) is 6.81. The van der Waals surface area contributed by atoms with Crippen LogP contribution in [0.25, 0.3) is 22.3 Å². The summed E-state index contributed by atoms with van der Waals surface area (Å²) in [5.41, 5.74) is 7.83. The molecule has 0 saturated heterocycles. The maximum Gasteiger partial charge on any atom is -0.0178 e. The summed E-state index contributed by atoms with van der Waals surface area (Å²) in [7, 11) is 0. The standard InChI is InChI=1S/C26H22/c1-3-8-21(9-4-1)14-15-22-16-18-24(19-17-22)26-13-7-12-25(20-26)23-10-5-2-6-11-23/h1-13,16-20H,14-15H2. The van der Waals surface area contributed by atoms with E-state index in [1.54, 1.807) is 0 Å². The van der Waals surface area contributed by atoms with Crippen LogP contribution < -0.4 is 0 Å². The predicted molar refractivity (Wildman–Crippen MR) is 111 cm³/mol. The van der Waals surface area contributed by atoms with E-state index in [0.717, 1.165) is 12.8 Å². The number of aryl methyl sites for hydroxylation is 2. The van der Waals surface area contributed by atoms with Crippen LogP contribution in [0.5, 0.6) is 0 Å². The minimum atomic E-state index is 1.08. The van der Waals surface area contributed by atoms with Gasteiger partial charge in [-0.05, 0) is 52.3 Å². The number of rotatable bonds is 5. The summed E-state index contributed by atoms with van der Waals surface area (Å²) in [5.74, 6) is 0. The van der Waals surface area contributed by atoms with E-state index in [-0.39, 0.29) is 0 Å². The molecule has 0 aliphatic rings. The Kier molecular flexibility index (Phi) is 4.93. The highest BCUT2D eigenvalue weighted by atomic mass is 14.1. The van der Waals surface area contributed by atoms with E-state index < -0.39 is 0 Å². The number of hydrogen-bond donors (Lipinski definition) is 0. The SMILES string of the molecule is c1ccc(CCc2ccc(-c3cccc(-c4ccccc4)c3)cc2)cc1. The molecular formula is C26H22. The molecule has 0 aliphatic heterocycles. The molecule has 0 spiro atoms. The van der Waals surface area contributed by atoms with Crippen molar-refractivity contribution >= 4 is 0 Å². The Morgan fingerprint density at radius 3 is 1.42 bits per heavy atom. The van der Waals surface area contributed by atoms with Gasteiger partial charge in [0.05, 0.1) is 0 Å². The molecule has 0 heteroatoms. The molecule has 26 heavy (non-hydrogen) atoms. The third kappa shape index (κ3) is 3.92. The summed E-state index contributed by atoms with van der Waals surface area (Å²) < 4.78 is 0. The summed E-state index contributed by atoms with van der Waals surface area (Å²) in [6.45, 7) is 0. The fraction of sp³-hybridized carbons (Fsp3) is 0.0769. The Labute approximate surface area is 155 Å². The van der Waals surface area contributed by atoms with E-state index in [1.165, 1.54) is 33.4 Å². The topological polar surface area (TPSA) is 0 Å². The quantitative estimate of drug-likeness (QED) is 0.376. The van der Waals surface area contributed by atoms with Crippen LogP contribution in [0.3, 0.4) is 0 Å². The molecular weight excluding hydrogens is 312 g/mol. The monoisotopic (exact) mass is 334 g/mol. The first kappa shape index (κ1) is 16.4. The molecule has 4 aromatic rings. The molecule has 4 rings (SSSR count). The minimum absolute atomic E-state index is 1.08. The summed E-state index contributed by atoms with van der Waals surface area (Å²) in [4.78, 5) is 0. The van der Waals surface area contributed by atoms with E-state index in [2.05, 4.69) is 109 Å². The van der Waals surface area contributed by atoms with Crippen molar-refractivity contribution in [2.45, 2.75) is 12.8 Å². The van der Waals surface area contributed by atoms with E-state index in [0.29, 0.717) is 0 Å². The second kappa shape index (κ2) is 7.84. The molecule has 0 atom stereocenters. The van der Waals surface area contributed by atoms with Crippen molar-refractivity contribution in [1.29, 1.82) is 0 Å². The lowest BCUT2D eigenvalue weighted by Gasteiger charge is -2.08. The van der Waals surface area contributed by atoms with Gasteiger partial charge in [-0.1, -0.05) is 103 Å². The summed E-state index contributed by atoms with van der Waals surface area (Å²) in [6.07, 6.45) is 2.16. The molecule has 4 aromatic carbocycles. The fourth-order valence-electron chi connectivity index (χ4n) is 3.31. The lowest BCUT2D eigenvalue weighted by atomic mass is 9.97. The molecule has 0 saturated carbocycles. The zero-order chi connectivity index (χ0) is 17.6. The van der Waals surface area contributed by atoms with Crippen LogP contribution in [0.2, 0.25) is 0 Å². The van der Waals surface area contributed by atoms with Crippen molar-refractivity contribution in [3.63, 3.8) is 0 Å². The van der Waals surface area contributed by atoms with Gasteiger partial charge >= 0.3 is 0 Å². The van der Waals surface area contributed by atoms with Crippen molar-refractivity contribution in [1.82, 2.24) is 0 Å². The van der Waals surface area contributed by atoms with Gasteiger partial charge in [0.2, 0.25) is 0 Å². The van der Waals surface area contributed by atoms with Crippen LogP contribution in [-0.2, 0) is 12.8 Å². The summed E-state index contributed by atoms with van der Waals surface area (Å²) >= 11 is 0. The van der Waals surface area contributed by atoms with Gasteiger partial charge in [0.25, 0.3) is 0 Å². The average molecular weight is 334 g/mol. The van der Waals surface area contributed by atoms with Crippen molar-refractivity contribution < 1.29 is 0 Å². The lowest BCUT2D eigenvalue weighted by molar-refractivity contribution is 0.960. The fourth-order valence-corrected chi connectivity index (χ4v) is 3.31. The highest BCUT2D eigenvalue weighted by molar-refractivity contribution is 5.73. The highest BCUT2D eigenvalue weighted by Crippen LogP contribution is 2.26. The minimum Gasteiger partial charge on any atom is -0.0622 e. The maximum absolute atomic E-state index is 2.27. The number of hydrogen-bond acceptors (Lipinski definition) is 0. The molecule has 0 nitrogen and oxygen atoms in total. The van der Waals surface area contributed by atoms with Crippen LogP contribution in [0.15, 0.2) is 109 Å². The van der Waals surface area contributed by atoms with Gasteiger partial charge in [0, 0.05) is 0 Å². The Morgan fingerprint density at radius 2 is 0.808 bits per heavy atom. The third-order valence-corrected chi connectivity index (χ3v) is 4.80. The van der Waals surface area contributed by atoms with Crippen molar-refractivity contribution in [2.75, 3.05) is 0 Å². The normalized spacial score (nSPS) is 10.6. The molecule has 0 amide bonds. The van der Waals surface area contributed by atoms with Gasteiger partial charge in [-0.2, -0.15) is 0 Å². The molecule has 0 heterocycles. The molecule has 0 bridgehead atoms. The molecule has 0 unspecified atom stereocenters. The highest BCUT2D eigenvalue weighted by Gasteiger charge is 2.02.